The van der Waals surface area contributed by atoms with Crippen molar-refractivity contribution in [1.82, 2.24) is 9.97 Å². The van der Waals surface area contributed by atoms with Gasteiger partial charge in [0.15, 0.2) is 11.6 Å². The van der Waals surface area contributed by atoms with Crippen molar-refractivity contribution in [3.05, 3.63) is 29.6 Å². The van der Waals surface area contributed by atoms with Crippen LogP contribution >= 0.6 is 0 Å². The summed E-state index contributed by atoms with van der Waals surface area (Å²) in [5.41, 5.74) is 1.03. The van der Waals surface area contributed by atoms with Crippen molar-refractivity contribution >= 4 is 11.0 Å². The number of imidazole rings is 1. The molecule has 0 radical (unpaired) electrons. The summed E-state index contributed by atoms with van der Waals surface area (Å²) in [6.45, 7) is 2.75. The van der Waals surface area contributed by atoms with E-state index in [4.69, 9.17) is 4.74 Å². The van der Waals surface area contributed by atoms with Crippen LogP contribution in [0.1, 0.15) is 25.6 Å². The molecule has 2 aromatic rings. The van der Waals surface area contributed by atoms with E-state index in [1.807, 2.05) is 6.92 Å². The number of nitrogens with one attached hydrogen (secondary N) is 1. The van der Waals surface area contributed by atoms with Gasteiger partial charge in [-0.25, -0.2) is 13.8 Å². The molecule has 0 unspecified atom stereocenters. The highest BCUT2D eigenvalue weighted by Gasteiger charge is 2.30. The quantitative estimate of drug-likeness (QED) is 0.922. The molecule has 0 bridgehead atoms. The molecule has 1 saturated carbocycles. The zero-order valence-electron chi connectivity index (χ0n) is 10.7. The van der Waals surface area contributed by atoms with Crippen molar-refractivity contribution in [2.45, 2.75) is 32.3 Å². The number of hydrogen-bond acceptors (Lipinski definition) is 2. The lowest BCUT2D eigenvalue weighted by Crippen LogP contribution is -2.32. The third-order valence-corrected chi connectivity index (χ3v) is 3.65. The minimum Gasteiger partial charge on any atom is -0.378 e. The van der Waals surface area contributed by atoms with E-state index in [-0.39, 0.29) is 0 Å². The second kappa shape index (κ2) is 4.89. The molecule has 3 nitrogen and oxygen atoms in total. The van der Waals surface area contributed by atoms with Crippen LogP contribution in [0.15, 0.2) is 12.1 Å². The number of hydrogen-bond donors (Lipinski definition) is 1. The molecule has 0 saturated heterocycles. The van der Waals surface area contributed by atoms with Gasteiger partial charge >= 0.3 is 0 Å². The van der Waals surface area contributed by atoms with Crippen LogP contribution in [0.5, 0.6) is 0 Å². The van der Waals surface area contributed by atoms with Gasteiger partial charge in [0.1, 0.15) is 5.82 Å². The van der Waals surface area contributed by atoms with Gasteiger partial charge in [-0.2, -0.15) is 0 Å². The molecule has 1 N–H and O–H groups in total. The standard InChI is InChI=1S/C14H16F2N2O/c1-2-19-9-3-8(4-9)5-14-17-12-6-10(15)11(16)7-13(12)18-14/h6-9H,2-5H2,1H3,(H,17,18). The first-order valence-corrected chi connectivity index (χ1v) is 6.61. The van der Waals surface area contributed by atoms with Crippen LogP contribution in [0, 0.1) is 17.6 Å². The molecule has 0 amide bonds. The molecule has 1 fully saturated rings. The van der Waals surface area contributed by atoms with Gasteiger partial charge in [0, 0.05) is 25.2 Å². The summed E-state index contributed by atoms with van der Waals surface area (Å²) < 4.78 is 31.7. The van der Waals surface area contributed by atoms with Gasteiger partial charge < -0.3 is 9.72 Å². The first-order valence-electron chi connectivity index (χ1n) is 6.61. The maximum Gasteiger partial charge on any atom is 0.161 e. The molecule has 1 aromatic carbocycles. The molecule has 1 aliphatic rings. The van der Waals surface area contributed by atoms with Gasteiger partial charge in [-0.15, -0.1) is 0 Å². The molecular weight excluding hydrogens is 250 g/mol. The van der Waals surface area contributed by atoms with Gasteiger partial charge in [-0.05, 0) is 25.7 Å². The molecule has 3 rings (SSSR count). The van der Waals surface area contributed by atoms with Gasteiger partial charge in [0.25, 0.3) is 0 Å². The highest BCUT2D eigenvalue weighted by molar-refractivity contribution is 5.75. The van der Waals surface area contributed by atoms with Crippen LogP contribution < -0.4 is 0 Å². The summed E-state index contributed by atoms with van der Waals surface area (Å²) >= 11 is 0. The SMILES string of the molecule is CCOC1CC(Cc2nc3cc(F)c(F)cc3[nH]2)C1. The predicted molar refractivity (Wildman–Crippen MR) is 67.9 cm³/mol. The number of benzene rings is 1. The summed E-state index contributed by atoms with van der Waals surface area (Å²) in [5.74, 6) is -0.361. The fraction of sp³-hybridized carbons (Fsp3) is 0.500. The van der Waals surface area contributed by atoms with Crippen LogP contribution in [0.4, 0.5) is 8.78 Å². The monoisotopic (exact) mass is 266 g/mol. The summed E-state index contributed by atoms with van der Waals surface area (Å²) in [6, 6.07) is 2.29. The molecule has 1 aliphatic carbocycles. The van der Waals surface area contributed by atoms with Crippen LogP contribution in [-0.2, 0) is 11.2 Å². The lowest BCUT2D eigenvalue weighted by atomic mass is 9.80. The molecule has 102 valence electrons. The Labute approximate surface area is 110 Å². The molecule has 1 aromatic heterocycles. The van der Waals surface area contributed by atoms with Crippen molar-refractivity contribution in [1.29, 1.82) is 0 Å². The fourth-order valence-electron chi connectivity index (χ4n) is 2.64. The fourth-order valence-corrected chi connectivity index (χ4v) is 2.64. The number of aromatic nitrogens is 2. The van der Waals surface area contributed by atoms with Crippen LogP contribution in [-0.4, -0.2) is 22.7 Å². The molecule has 1 heterocycles. The second-order valence-corrected chi connectivity index (χ2v) is 5.09. The largest absolute Gasteiger partial charge is 0.378 e. The zero-order valence-corrected chi connectivity index (χ0v) is 10.7. The molecule has 5 heteroatoms. The van der Waals surface area contributed by atoms with Crippen molar-refractivity contribution in [3.8, 4) is 0 Å². The Hall–Kier alpha value is -1.49. The van der Waals surface area contributed by atoms with Gasteiger partial charge in [-0.3, -0.25) is 0 Å². The van der Waals surface area contributed by atoms with Crippen LogP contribution in [0.2, 0.25) is 0 Å². The van der Waals surface area contributed by atoms with Crippen molar-refractivity contribution < 1.29 is 13.5 Å². The van der Waals surface area contributed by atoms with E-state index < -0.39 is 11.6 Å². The normalized spacial score (nSPS) is 22.7. The average Bonchev–Trinajstić information content (AvgIpc) is 2.69. The first-order chi connectivity index (χ1) is 9.15. The number of ether oxygens (including phenoxy) is 1. The van der Waals surface area contributed by atoms with E-state index >= 15 is 0 Å². The van der Waals surface area contributed by atoms with E-state index in [2.05, 4.69) is 9.97 Å². The Morgan fingerprint density at radius 3 is 2.79 bits per heavy atom. The lowest BCUT2D eigenvalue weighted by molar-refractivity contribution is -0.0244. The average molecular weight is 266 g/mol. The van der Waals surface area contributed by atoms with E-state index in [1.165, 1.54) is 0 Å². The Balaban J connectivity index is 1.69. The Morgan fingerprint density at radius 2 is 2.05 bits per heavy atom. The smallest absolute Gasteiger partial charge is 0.161 e. The van der Waals surface area contributed by atoms with E-state index in [1.54, 1.807) is 0 Å². The molecule has 0 aliphatic heterocycles. The zero-order chi connectivity index (χ0) is 13.4. The van der Waals surface area contributed by atoms with Gasteiger partial charge in [0.2, 0.25) is 0 Å². The van der Waals surface area contributed by atoms with Crippen LogP contribution in [0.25, 0.3) is 11.0 Å². The molecular formula is C14H16F2N2O. The Bertz CT molecular complexity index is 551. The maximum atomic E-state index is 13.1. The van der Waals surface area contributed by atoms with Crippen molar-refractivity contribution in [2.24, 2.45) is 5.92 Å². The van der Waals surface area contributed by atoms with E-state index in [9.17, 15) is 8.78 Å². The summed E-state index contributed by atoms with van der Waals surface area (Å²) in [5, 5.41) is 0. The van der Waals surface area contributed by atoms with E-state index in [0.717, 1.165) is 43.8 Å². The van der Waals surface area contributed by atoms with Crippen molar-refractivity contribution in [3.63, 3.8) is 0 Å². The number of fused-ring (bicyclic) bond motifs is 1. The highest BCUT2D eigenvalue weighted by atomic mass is 19.2. The van der Waals surface area contributed by atoms with Crippen molar-refractivity contribution in [2.75, 3.05) is 6.61 Å². The summed E-state index contributed by atoms with van der Waals surface area (Å²) in [6.07, 6.45) is 3.25. The predicted octanol–water partition coefficient (Wildman–Crippen LogP) is 3.20. The topological polar surface area (TPSA) is 37.9 Å². The number of halogens is 2. The van der Waals surface area contributed by atoms with E-state index in [0.29, 0.717) is 23.1 Å². The lowest BCUT2D eigenvalue weighted by Gasteiger charge is -2.34. The minimum absolute atomic E-state index is 0.370. The molecule has 0 spiro atoms. The third kappa shape index (κ3) is 2.47. The summed E-state index contributed by atoms with van der Waals surface area (Å²) in [4.78, 5) is 7.36. The molecule has 0 atom stereocenters. The third-order valence-electron chi connectivity index (χ3n) is 3.65. The second-order valence-electron chi connectivity index (χ2n) is 5.09. The number of rotatable bonds is 4. The number of H-pyrrole nitrogens is 1. The number of aromatic amines is 1. The first kappa shape index (κ1) is 12.5. The van der Waals surface area contributed by atoms with Crippen LogP contribution in [0.3, 0.4) is 0 Å². The number of nitrogens with zero attached hydrogens (tertiary/aromatic N) is 1. The highest BCUT2D eigenvalue weighted by Crippen LogP contribution is 2.32. The summed E-state index contributed by atoms with van der Waals surface area (Å²) in [7, 11) is 0. The maximum absolute atomic E-state index is 13.1. The van der Waals surface area contributed by atoms with Gasteiger partial charge in [0.05, 0.1) is 17.1 Å². The Kier molecular flexibility index (Phi) is 3.22. The Morgan fingerprint density at radius 1 is 1.32 bits per heavy atom. The van der Waals surface area contributed by atoms with Gasteiger partial charge in [-0.1, -0.05) is 0 Å². The molecule has 19 heavy (non-hydrogen) atoms. The minimum atomic E-state index is -0.856.